The molecule has 2 aromatic carbocycles. The van der Waals surface area contributed by atoms with E-state index in [0.717, 1.165) is 5.56 Å². The van der Waals surface area contributed by atoms with Crippen molar-refractivity contribution in [2.24, 2.45) is 10.8 Å². The molecule has 0 saturated carbocycles. The van der Waals surface area contributed by atoms with Gasteiger partial charge in [0, 0.05) is 24.3 Å². The van der Waals surface area contributed by atoms with Gasteiger partial charge in [0.1, 0.15) is 29.9 Å². The van der Waals surface area contributed by atoms with Gasteiger partial charge in [0.15, 0.2) is 0 Å². The molecule has 10 heteroatoms. The minimum atomic E-state index is -0.765. The Morgan fingerprint density at radius 3 is 2.57 bits per heavy atom. The predicted octanol–water partition coefficient (Wildman–Crippen LogP) is 3.57. The van der Waals surface area contributed by atoms with Crippen LogP contribution in [0.5, 0.6) is 17.4 Å². The van der Waals surface area contributed by atoms with Gasteiger partial charge in [-0.2, -0.15) is 5.11 Å². The van der Waals surface area contributed by atoms with Crippen LogP contribution in [0.2, 0.25) is 0 Å². The average molecular weight is 479 g/mol. The number of amides is 1. The van der Waals surface area contributed by atoms with E-state index in [0.29, 0.717) is 41.6 Å². The van der Waals surface area contributed by atoms with Gasteiger partial charge in [0.2, 0.25) is 11.8 Å². The molecular weight excluding hydrogens is 448 g/mol. The molecule has 1 atom stereocenters. The number of primary amides is 1. The van der Waals surface area contributed by atoms with E-state index in [4.69, 9.17) is 26.5 Å². The molecule has 1 aromatic heterocycles. The second-order valence-corrected chi connectivity index (χ2v) is 8.71. The summed E-state index contributed by atoms with van der Waals surface area (Å²) in [5.41, 5.74) is 19.9. The predicted molar refractivity (Wildman–Crippen MR) is 132 cm³/mol. The van der Waals surface area contributed by atoms with Crippen molar-refractivity contribution < 1.29 is 19.4 Å². The lowest BCUT2D eigenvalue weighted by molar-refractivity contribution is 0.0991. The Balaban J connectivity index is 1.48. The number of nitrogen functional groups attached to an aromatic ring is 1. The number of carbonyl (C=O) groups excluding carboxylic acids is 1. The number of hydrogen-bond acceptors (Lipinski definition) is 9. The van der Waals surface area contributed by atoms with Crippen molar-refractivity contribution in [3.05, 3.63) is 71.9 Å². The van der Waals surface area contributed by atoms with E-state index < -0.39 is 12.0 Å². The Labute approximate surface area is 203 Å². The number of nitrogens with zero attached hydrogens (tertiary/aromatic N) is 2. The molecule has 7 N–H and O–H groups in total. The average Bonchev–Trinajstić information content (AvgIpc) is 2.83. The number of ether oxygens (including phenoxy) is 2. The van der Waals surface area contributed by atoms with Gasteiger partial charge in [0.25, 0.3) is 0 Å². The van der Waals surface area contributed by atoms with Gasteiger partial charge in [-0.15, -0.1) is 0 Å². The Hall–Kier alpha value is -4.02. The molecule has 1 amide bonds. The highest BCUT2D eigenvalue weighted by molar-refractivity contribution is 5.92. The molecule has 0 spiro atoms. The van der Waals surface area contributed by atoms with Crippen LogP contribution in [0.3, 0.4) is 0 Å². The number of pyridine rings is 1. The molecular formula is C25H30N6O4. The summed E-state index contributed by atoms with van der Waals surface area (Å²) in [5.74, 6) is 0.800. The number of benzene rings is 2. The molecule has 0 radical (unpaired) electrons. The maximum absolute atomic E-state index is 11.1. The highest BCUT2D eigenvalue weighted by atomic mass is 16.5. The molecule has 10 nitrogen and oxygen atoms in total. The van der Waals surface area contributed by atoms with Crippen molar-refractivity contribution in [1.29, 1.82) is 5.53 Å². The monoisotopic (exact) mass is 478 g/mol. The van der Waals surface area contributed by atoms with Crippen molar-refractivity contribution in [2.75, 3.05) is 18.9 Å². The second-order valence-electron chi connectivity index (χ2n) is 8.71. The van der Waals surface area contributed by atoms with Gasteiger partial charge in [0.05, 0.1) is 11.3 Å². The van der Waals surface area contributed by atoms with Crippen LogP contribution < -0.4 is 26.3 Å². The third-order valence-electron chi connectivity index (χ3n) is 5.20. The fourth-order valence-corrected chi connectivity index (χ4v) is 3.37. The van der Waals surface area contributed by atoms with E-state index in [-0.39, 0.29) is 17.8 Å². The second kappa shape index (κ2) is 11.4. The number of nitrogens with two attached hydrogens (primary N) is 2. The number of aliphatic hydroxyl groups excluding tert-OH is 1. The van der Waals surface area contributed by atoms with Crippen LogP contribution in [-0.2, 0) is 6.42 Å². The van der Waals surface area contributed by atoms with Gasteiger partial charge >= 0.3 is 0 Å². The topological polar surface area (TPSA) is 169 Å². The number of carbonyl (C=O) groups is 1. The van der Waals surface area contributed by atoms with E-state index in [1.54, 1.807) is 30.3 Å². The highest BCUT2D eigenvalue weighted by Gasteiger charge is 2.20. The maximum atomic E-state index is 11.1. The number of β-amino-alcohol motifs (C(OH)–C–C–N with tert-alkyl or cyclic N) is 1. The molecule has 0 aliphatic carbocycles. The number of aromatic nitrogens is 1. The smallest absolute Gasteiger partial charge is 0.250 e. The molecule has 0 fully saturated rings. The first-order valence-corrected chi connectivity index (χ1v) is 11.0. The lowest BCUT2D eigenvalue weighted by atomic mass is 9.94. The molecule has 35 heavy (non-hydrogen) atoms. The first-order chi connectivity index (χ1) is 16.7. The lowest BCUT2D eigenvalue weighted by Crippen LogP contribution is -2.46. The lowest BCUT2D eigenvalue weighted by Gasteiger charge is -2.28. The molecule has 1 heterocycles. The van der Waals surface area contributed by atoms with Gasteiger partial charge in [-0.05, 0) is 56.2 Å². The minimum absolute atomic E-state index is 0.0372. The van der Waals surface area contributed by atoms with Gasteiger partial charge < -0.3 is 31.4 Å². The van der Waals surface area contributed by atoms with E-state index in [1.165, 1.54) is 6.20 Å². The van der Waals surface area contributed by atoms with Crippen LogP contribution in [0.15, 0.2) is 65.9 Å². The summed E-state index contributed by atoms with van der Waals surface area (Å²) < 4.78 is 11.3. The maximum Gasteiger partial charge on any atom is 0.250 e. The van der Waals surface area contributed by atoms with Crippen molar-refractivity contribution in [3.8, 4) is 17.4 Å². The van der Waals surface area contributed by atoms with Gasteiger partial charge in [-0.25, -0.2) is 10.5 Å². The molecule has 3 rings (SSSR count). The third kappa shape index (κ3) is 7.49. The van der Waals surface area contributed by atoms with Crippen LogP contribution >= 0.6 is 0 Å². The van der Waals surface area contributed by atoms with E-state index >= 15 is 0 Å². The van der Waals surface area contributed by atoms with Crippen molar-refractivity contribution >= 4 is 17.3 Å². The Morgan fingerprint density at radius 1 is 1.20 bits per heavy atom. The summed E-state index contributed by atoms with van der Waals surface area (Å²) in [5, 5.41) is 17.1. The molecule has 0 unspecified atom stereocenters. The van der Waals surface area contributed by atoms with Gasteiger partial charge in [-0.3, -0.25) is 4.79 Å². The third-order valence-corrected chi connectivity index (χ3v) is 5.20. The van der Waals surface area contributed by atoms with E-state index in [9.17, 15) is 9.90 Å². The van der Waals surface area contributed by atoms with Crippen LogP contribution in [0.4, 0.5) is 11.4 Å². The zero-order valence-electron chi connectivity index (χ0n) is 19.7. The summed E-state index contributed by atoms with van der Waals surface area (Å²) in [6.45, 7) is 4.45. The summed E-state index contributed by atoms with van der Waals surface area (Å²) in [4.78, 5) is 15.2. The number of aliphatic hydroxyl groups is 1. The molecule has 184 valence electrons. The van der Waals surface area contributed by atoms with Crippen molar-refractivity contribution in [1.82, 2.24) is 10.3 Å². The first kappa shape index (κ1) is 25.6. The summed E-state index contributed by atoms with van der Waals surface area (Å²) in [6, 6.07) is 15.8. The summed E-state index contributed by atoms with van der Waals surface area (Å²) >= 11 is 0. The molecule has 0 bridgehead atoms. The molecule has 0 aliphatic heterocycles. The standard InChI is InChI=1S/C25H30N6O4/c1-25(2,30-14-18(32)15-34-21-5-3-4-20(26)23(21)31-28)12-16-6-9-19(10-7-16)35-22-11-8-17(13-29-22)24(27)33/h3-11,13,18,28,30,32H,12,14-15,26H2,1-2H3,(H2,27,33)/t18-/m0/s1. The van der Waals surface area contributed by atoms with Crippen LogP contribution in [0, 0.1) is 5.53 Å². The number of rotatable bonds is 12. The fraction of sp³-hybridized carbons (Fsp3) is 0.280. The van der Waals surface area contributed by atoms with Crippen LogP contribution in [0.1, 0.15) is 29.8 Å². The zero-order valence-corrected chi connectivity index (χ0v) is 19.7. The van der Waals surface area contributed by atoms with Crippen LogP contribution in [-0.4, -0.2) is 40.8 Å². The summed E-state index contributed by atoms with van der Waals surface area (Å²) in [6.07, 6.45) is 1.32. The highest BCUT2D eigenvalue weighted by Crippen LogP contribution is 2.33. The number of hydrogen-bond donors (Lipinski definition) is 5. The van der Waals surface area contributed by atoms with Gasteiger partial charge in [-0.1, -0.05) is 18.2 Å². The Morgan fingerprint density at radius 2 is 1.94 bits per heavy atom. The molecule has 0 saturated heterocycles. The van der Waals surface area contributed by atoms with E-state index in [1.807, 2.05) is 38.1 Å². The normalized spacial score (nSPS) is 12.1. The van der Waals surface area contributed by atoms with Crippen LogP contribution in [0.25, 0.3) is 0 Å². The number of para-hydroxylation sites is 1. The fourth-order valence-electron chi connectivity index (χ4n) is 3.37. The van der Waals surface area contributed by atoms with Crippen molar-refractivity contribution in [2.45, 2.75) is 31.9 Å². The van der Waals surface area contributed by atoms with E-state index in [2.05, 4.69) is 15.4 Å². The number of nitrogens with one attached hydrogen (secondary N) is 2. The zero-order chi connectivity index (χ0) is 25.4. The van der Waals surface area contributed by atoms with Crippen molar-refractivity contribution in [3.63, 3.8) is 0 Å². The Bertz CT molecular complexity index is 1150. The Kier molecular flexibility index (Phi) is 8.34. The largest absolute Gasteiger partial charge is 0.488 e. The molecule has 0 aliphatic rings. The number of anilines is 1. The SMILES string of the molecule is CC(C)(Cc1ccc(Oc2ccc(C(N)=O)cn2)cc1)NC[C@H](O)COc1cccc(N)c1N=N. The first-order valence-electron chi connectivity index (χ1n) is 11.0. The summed E-state index contributed by atoms with van der Waals surface area (Å²) in [7, 11) is 0. The quantitative estimate of drug-likeness (QED) is 0.196. The molecule has 3 aromatic rings. The minimum Gasteiger partial charge on any atom is -0.488 e.